The van der Waals surface area contributed by atoms with Gasteiger partial charge in [-0.3, -0.25) is 0 Å². The van der Waals surface area contributed by atoms with E-state index in [0.29, 0.717) is 5.92 Å². The standard InChI is InChI=1S/C10H12N4/c1-6(2)9-12-5-8-4-11-7(3)13-10(8)14-9/h4-6H,1-3H3. The Bertz CT molecular complexity index is 465. The van der Waals surface area contributed by atoms with Gasteiger partial charge in [0.25, 0.3) is 0 Å². The molecular formula is C10H12N4. The predicted molar refractivity (Wildman–Crippen MR) is 54.0 cm³/mol. The molecule has 0 aliphatic carbocycles. The van der Waals surface area contributed by atoms with Gasteiger partial charge in [0.1, 0.15) is 11.6 Å². The van der Waals surface area contributed by atoms with E-state index in [1.807, 2.05) is 6.92 Å². The summed E-state index contributed by atoms with van der Waals surface area (Å²) in [6.45, 7) is 5.99. The van der Waals surface area contributed by atoms with E-state index in [-0.39, 0.29) is 0 Å². The minimum atomic E-state index is 0.328. The molecule has 2 rings (SSSR count). The highest BCUT2D eigenvalue weighted by molar-refractivity contribution is 5.72. The molecule has 0 saturated carbocycles. The molecule has 72 valence electrons. The number of hydrogen-bond donors (Lipinski definition) is 0. The molecule has 4 nitrogen and oxygen atoms in total. The summed E-state index contributed by atoms with van der Waals surface area (Å²) >= 11 is 0. The van der Waals surface area contributed by atoms with E-state index in [0.717, 1.165) is 22.7 Å². The molecule has 0 spiro atoms. The van der Waals surface area contributed by atoms with E-state index in [1.54, 1.807) is 12.4 Å². The van der Waals surface area contributed by atoms with E-state index in [9.17, 15) is 0 Å². The van der Waals surface area contributed by atoms with Gasteiger partial charge in [-0.25, -0.2) is 19.9 Å². The summed E-state index contributed by atoms with van der Waals surface area (Å²) in [6.07, 6.45) is 3.53. The number of fused-ring (bicyclic) bond motifs is 1. The van der Waals surface area contributed by atoms with Crippen molar-refractivity contribution in [1.29, 1.82) is 0 Å². The Morgan fingerprint density at radius 1 is 1.07 bits per heavy atom. The lowest BCUT2D eigenvalue weighted by Gasteiger charge is -2.03. The first-order valence-corrected chi connectivity index (χ1v) is 4.63. The molecule has 4 heteroatoms. The van der Waals surface area contributed by atoms with Crippen LogP contribution in [0.2, 0.25) is 0 Å². The van der Waals surface area contributed by atoms with Gasteiger partial charge in [-0.15, -0.1) is 0 Å². The molecule has 0 aliphatic heterocycles. The third-order valence-corrected chi connectivity index (χ3v) is 1.99. The second-order valence-corrected chi connectivity index (χ2v) is 3.58. The van der Waals surface area contributed by atoms with Gasteiger partial charge in [0.05, 0.1) is 5.39 Å². The van der Waals surface area contributed by atoms with Gasteiger partial charge in [-0.2, -0.15) is 0 Å². The van der Waals surface area contributed by atoms with Crippen molar-refractivity contribution in [1.82, 2.24) is 19.9 Å². The van der Waals surface area contributed by atoms with Gasteiger partial charge < -0.3 is 0 Å². The second-order valence-electron chi connectivity index (χ2n) is 3.58. The first-order valence-electron chi connectivity index (χ1n) is 4.63. The van der Waals surface area contributed by atoms with Crippen LogP contribution in [-0.4, -0.2) is 19.9 Å². The number of rotatable bonds is 1. The van der Waals surface area contributed by atoms with Gasteiger partial charge >= 0.3 is 0 Å². The average Bonchev–Trinajstić information content (AvgIpc) is 2.16. The maximum atomic E-state index is 4.37. The Balaban J connectivity index is 2.63. The molecular weight excluding hydrogens is 176 g/mol. The number of hydrogen-bond acceptors (Lipinski definition) is 4. The van der Waals surface area contributed by atoms with Crippen LogP contribution in [0.25, 0.3) is 11.0 Å². The summed E-state index contributed by atoms with van der Waals surface area (Å²) < 4.78 is 0. The van der Waals surface area contributed by atoms with Crippen LogP contribution >= 0.6 is 0 Å². The monoisotopic (exact) mass is 188 g/mol. The van der Waals surface area contributed by atoms with Gasteiger partial charge in [0, 0.05) is 18.3 Å². The van der Waals surface area contributed by atoms with Crippen LogP contribution in [0.15, 0.2) is 12.4 Å². The fraction of sp³-hybridized carbons (Fsp3) is 0.400. The van der Waals surface area contributed by atoms with Crippen LogP contribution in [0.5, 0.6) is 0 Å². The van der Waals surface area contributed by atoms with Crippen LogP contribution < -0.4 is 0 Å². The van der Waals surface area contributed by atoms with Crippen LogP contribution in [0.3, 0.4) is 0 Å². The fourth-order valence-electron chi connectivity index (χ4n) is 1.20. The second kappa shape index (κ2) is 3.29. The number of aromatic nitrogens is 4. The highest BCUT2D eigenvalue weighted by Gasteiger charge is 2.05. The molecule has 0 atom stereocenters. The van der Waals surface area contributed by atoms with Crippen molar-refractivity contribution in [3.8, 4) is 0 Å². The zero-order valence-electron chi connectivity index (χ0n) is 8.52. The van der Waals surface area contributed by atoms with Gasteiger partial charge in [0.2, 0.25) is 0 Å². The third-order valence-electron chi connectivity index (χ3n) is 1.99. The first kappa shape index (κ1) is 8.99. The van der Waals surface area contributed by atoms with Crippen molar-refractivity contribution in [2.75, 3.05) is 0 Å². The Morgan fingerprint density at radius 3 is 2.50 bits per heavy atom. The van der Waals surface area contributed by atoms with Crippen molar-refractivity contribution >= 4 is 11.0 Å². The van der Waals surface area contributed by atoms with Crippen molar-refractivity contribution in [3.05, 3.63) is 24.0 Å². The Morgan fingerprint density at radius 2 is 1.79 bits per heavy atom. The summed E-state index contributed by atoms with van der Waals surface area (Å²) in [5.74, 6) is 1.90. The minimum Gasteiger partial charge on any atom is -0.241 e. The first-order chi connectivity index (χ1) is 6.66. The molecule has 2 aromatic heterocycles. The summed E-state index contributed by atoms with van der Waals surface area (Å²) in [7, 11) is 0. The zero-order valence-corrected chi connectivity index (χ0v) is 8.52. The molecule has 0 radical (unpaired) electrons. The fourth-order valence-corrected chi connectivity index (χ4v) is 1.20. The predicted octanol–water partition coefficient (Wildman–Crippen LogP) is 1.85. The zero-order chi connectivity index (χ0) is 10.1. The van der Waals surface area contributed by atoms with Crippen LogP contribution in [0.4, 0.5) is 0 Å². The molecule has 0 N–H and O–H groups in total. The highest BCUT2D eigenvalue weighted by atomic mass is 15.0. The topological polar surface area (TPSA) is 51.6 Å². The van der Waals surface area contributed by atoms with Gasteiger partial charge in [0.15, 0.2) is 5.65 Å². The average molecular weight is 188 g/mol. The highest BCUT2D eigenvalue weighted by Crippen LogP contribution is 2.12. The largest absolute Gasteiger partial charge is 0.241 e. The summed E-state index contributed by atoms with van der Waals surface area (Å²) in [5, 5.41) is 0.889. The van der Waals surface area contributed by atoms with Gasteiger partial charge in [-0.1, -0.05) is 13.8 Å². The smallest absolute Gasteiger partial charge is 0.166 e. The third kappa shape index (κ3) is 1.55. The SMILES string of the molecule is Cc1ncc2cnc(C(C)C)nc2n1. The normalized spacial score (nSPS) is 11.1. The minimum absolute atomic E-state index is 0.328. The number of aryl methyl sites for hydroxylation is 1. The maximum absolute atomic E-state index is 4.37. The van der Waals surface area contributed by atoms with E-state index in [4.69, 9.17) is 0 Å². The van der Waals surface area contributed by atoms with E-state index < -0.39 is 0 Å². The molecule has 14 heavy (non-hydrogen) atoms. The lowest BCUT2D eigenvalue weighted by Crippen LogP contribution is -1.99. The summed E-state index contributed by atoms with van der Waals surface area (Å²) in [6, 6.07) is 0. The van der Waals surface area contributed by atoms with Crippen molar-refractivity contribution < 1.29 is 0 Å². The molecule has 0 aromatic carbocycles. The van der Waals surface area contributed by atoms with E-state index in [2.05, 4.69) is 33.8 Å². The molecule has 0 aliphatic rings. The lowest BCUT2D eigenvalue weighted by molar-refractivity contribution is 0.779. The lowest BCUT2D eigenvalue weighted by atomic mass is 10.2. The molecule has 0 saturated heterocycles. The molecule has 2 heterocycles. The Kier molecular flexibility index (Phi) is 2.11. The quantitative estimate of drug-likeness (QED) is 0.685. The Hall–Kier alpha value is -1.58. The van der Waals surface area contributed by atoms with Crippen LogP contribution in [-0.2, 0) is 0 Å². The summed E-state index contributed by atoms with van der Waals surface area (Å²) in [5.41, 5.74) is 0.733. The van der Waals surface area contributed by atoms with Crippen LogP contribution in [0.1, 0.15) is 31.4 Å². The van der Waals surface area contributed by atoms with E-state index >= 15 is 0 Å². The maximum Gasteiger partial charge on any atom is 0.166 e. The van der Waals surface area contributed by atoms with Gasteiger partial charge in [-0.05, 0) is 6.92 Å². The number of nitrogens with zero attached hydrogens (tertiary/aromatic N) is 4. The van der Waals surface area contributed by atoms with Crippen LogP contribution in [0, 0.1) is 6.92 Å². The Labute approximate surface area is 82.5 Å². The van der Waals surface area contributed by atoms with Crippen molar-refractivity contribution in [2.45, 2.75) is 26.7 Å². The molecule has 0 unspecified atom stereocenters. The van der Waals surface area contributed by atoms with E-state index in [1.165, 1.54) is 0 Å². The molecule has 0 amide bonds. The van der Waals surface area contributed by atoms with Crippen molar-refractivity contribution in [2.24, 2.45) is 0 Å². The molecule has 2 aromatic rings. The van der Waals surface area contributed by atoms with Crippen molar-refractivity contribution in [3.63, 3.8) is 0 Å². The molecule has 0 fully saturated rings. The molecule has 0 bridgehead atoms. The summed E-state index contributed by atoms with van der Waals surface area (Å²) in [4.78, 5) is 17.0.